The average Bonchev–Trinajstić information content (AvgIpc) is 3.60. The average molecular weight is 459 g/mol. The molecule has 0 aliphatic rings. The summed E-state index contributed by atoms with van der Waals surface area (Å²) in [7, 11) is 1.51. The molecular weight excluding hydrogens is 438 g/mol. The number of benzene rings is 2. The van der Waals surface area contributed by atoms with E-state index in [2.05, 4.69) is 10.3 Å². The Morgan fingerprint density at radius 2 is 1.79 bits per heavy atom. The SMILES string of the molecule is CN(C(=O)COC(=O)c1ccc(-c2cnco2)cc1)c1ccccc1C(=O)NCc1ccco1. The highest BCUT2D eigenvalue weighted by molar-refractivity contribution is 6.05. The van der Waals surface area contributed by atoms with Crippen molar-refractivity contribution in [2.45, 2.75) is 6.54 Å². The zero-order valence-electron chi connectivity index (χ0n) is 18.3. The summed E-state index contributed by atoms with van der Waals surface area (Å²) in [6.07, 6.45) is 4.41. The van der Waals surface area contributed by atoms with Gasteiger partial charge in [-0.2, -0.15) is 0 Å². The van der Waals surface area contributed by atoms with Crippen LogP contribution in [-0.2, 0) is 16.1 Å². The topological polar surface area (TPSA) is 115 Å². The lowest BCUT2D eigenvalue weighted by atomic mass is 10.1. The number of likely N-dealkylation sites (N-methyl/N-ethyl adjacent to an activating group) is 1. The van der Waals surface area contributed by atoms with Gasteiger partial charge in [0, 0.05) is 12.6 Å². The van der Waals surface area contributed by atoms with Crippen LogP contribution in [0, 0.1) is 0 Å². The second-order valence-electron chi connectivity index (χ2n) is 7.25. The van der Waals surface area contributed by atoms with Gasteiger partial charge in [0.1, 0.15) is 5.76 Å². The summed E-state index contributed by atoms with van der Waals surface area (Å²) < 4.78 is 15.6. The summed E-state index contributed by atoms with van der Waals surface area (Å²) in [5.74, 6) is -0.316. The largest absolute Gasteiger partial charge is 0.467 e. The molecule has 2 amide bonds. The molecule has 0 spiro atoms. The second-order valence-corrected chi connectivity index (χ2v) is 7.25. The first-order valence-corrected chi connectivity index (χ1v) is 10.3. The first-order valence-electron chi connectivity index (χ1n) is 10.3. The standard InChI is InChI=1S/C25H21N3O6/c1-28(21-7-3-2-6-20(21)24(30)27-13-19-5-4-12-32-19)23(29)15-33-25(31)18-10-8-17(9-11-18)22-14-26-16-34-22/h2-12,14,16H,13,15H2,1H3,(H,27,30). The predicted molar refractivity (Wildman–Crippen MR) is 122 cm³/mol. The van der Waals surface area contributed by atoms with E-state index >= 15 is 0 Å². The smallest absolute Gasteiger partial charge is 0.338 e. The van der Waals surface area contributed by atoms with Crippen LogP contribution in [0.3, 0.4) is 0 Å². The van der Waals surface area contributed by atoms with Crippen molar-refractivity contribution in [2.75, 3.05) is 18.6 Å². The van der Waals surface area contributed by atoms with E-state index in [1.807, 2.05) is 0 Å². The third-order valence-electron chi connectivity index (χ3n) is 5.05. The minimum absolute atomic E-state index is 0.213. The number of nitrogens with zero attached hydrogens (tertiary/aromatic N) is 2. The zero-order chi connectivity index (χ0) is 23.9. The maximum Gasteiger partial charge on any atom is 0.338 e. The van der Waals surface area contributed by atoms with Crippen molar-refractivity contribution in [1.29, 1.82) is 0 Å². The van der Waals surface area contributed by atoms with E-state index in [0.29, 0.717) is 22.8 Å². The molecule has 2 heterocycles. The first-order chi connectivity index (χ1) is 16.5. The summed E-state index contributed by atoms with van der Waals surface area (Å²) in [4.78, 5) is 42.9. The number of oxazole rings is 1. The molecule has 172 valence electrons. The summed E-state index contributed by atoms with van der Waals surface area (Å²) in [5.41, 5.74) is 1.74. The quantitative estimate of drug-likeness (QED) is 0.400. The lowest BCUT2D eigenvalue weighted by molar-refractivity contribution is -0.121. The fourth-order valence-electron chi connectivity index (χ4n) is 3.20. The van der Waals surface area contributed by atoms with Gasteiger partial charge in [-0.1, -0.05) is 24.3 Å². The predicted octanol–water partition coefficient (Wildman–Crippen LogP) is 3.68. The van der Waals surface area contributed by atoms with Crippen LogP contribution in [-0.4, -0.2) is 36.4 Å². The molecule has 0 unspecified atom stereocenters. The molecule has 2 aromatic heterocycles. The number of furan rings is 1. The van der Waals surface area contributed by atoms with Crippen LogP contribution >= 0.6 is 0 Å². The Labute approximate surface area is 195 Å². The Morgan fingerprint density at radius 1 is 1.00 bits per heavy atom. The second kappa shape index (κ2) is 10.3. The molecule has 0 saturated carbocycles. The molecule has 9 nitrogen and oxygen atoms in total. The highest BCUT2D eigenvalue weighted by atomic mass is 16.5. The molecule has 4 aromatic rings. The van der Waals surface area contributed by atoms with Crippen LogP contribution in [0.4, 0.5) is 5.69 Å². The van der Waals surface area contributed by atoms with Crippen LogP contribution < -0.4 is 10.2 Å². The summed E-state index contributed by atoms with van der Waals surface area (Å²) in [5, 5.41) is 2.76. The van der Waals surface area contributed by atoms with Gasteiger partial charge in [-0.3, -0.25) is 9.59 Å². The van der Waals surface area contributed by atoms with Crippen LogP contribution in [0.1, 0.15) is 26.5 Å². The van der Waals surface area contributed by atoms with Gasteiger partial charge in [-0.15, -0.1) is 0 Å². The molecule has 0 aliphatic carbocycles. The maximum atomic E-state index is 12.7. The Bertz CT molecular complexity index is 1260. The van der Waals surface area contributed by atoms with Crippen molar-refractivity contribution in [3.63, 3.8) is 0 Å². The first kappa shape index (κ1) is 22.5. The number of nitrogens with one attached hydrogen (secondary N) is 1. The van der Waals surface area contributed by atoms with Crippen molar-refractivity contribution in [1.82, 2.24) is 10.3 Å². The molecule has 4 rings (SSSR count). The van der Waals surface area contributed by atoms with E-state index in [1.165, 1.54) is 24.6 Å². The summed E-state index contributed by atoms with van der Waals surface area (Å²) in [6, 6.07) is 16.7. The molecule has 9 heteroatoms. The number of esters is 1. The summed E-state index contributed by atoms with van der Waals surface area (Å²) >= 11 is 0. The van der Waals surface area contributed by atoms with Gasteiger partial charge >= 0.3 is 5.97 Å². The van der Waals surface area contributed by atoms with Gasteiger partial charge in [-0.05, 0) is 36.4 Å². The number of rotatable bonds is 8. The van der Waals surface area contributed by atoms with Crippen LogP contribution in [0.15, 0.2) is 88.4 Å². The number of hydrogen-bond donors (Lipinski definition) is 1. The Hall–Kier alpha value is -4.66. The van der Waals surface area contributed by atoms with Crippen LogP contribution in [0.2, 0.25) is 0 Å². The van der Waals surface area contributed by atoms with E-state index in [9.17, 15) is 14.4 Å². The van der Waals surface area contributed by atoms with Gasteiger partial charge in [0.25, 0.3) is 11.8 Å². The Kier molecular flexibility index (Phi) is 6.83. The number of hydrogen-bond acceptors (Lipinski definition) is 7. The maximum absolute atomic E-state index is 12.7. The molecular formula is C25H21N3O6. The molecule has 1 N–H and O–H groups in total. The lowest BCUT2D eigenvalue weighted by Crippen LogP contribution is -2.33. The highest BCUT2D eigenvalue weighted by Crippen LogP contribution is 2.21. The van der Waals surface area contributed by atoms with Crippen molar-refractivity contribution in [3.8, 4) is 11.3 Å². The number of para-hydroxylation sites is 1. The number of anilines is 1. The monoisotopic (exact) mass is 459 g/mol. The van der Waals surface area contributed by atoms with E-state index in [-0.39, 0.29) is 18.0 Å². The van der Waals surface area contributed by atoms with Crippen molar-refractivity contribution in [2.24, 2.45) is 0 Å². The van der Waals surface area contributed by atoms with Crippen molar-refractivity contribution in [3.05, 3.63) is 96.4 Å². The lowest BCUT2D eigenvalue weighted by Gasteiger charge is -2.20. The number of ether oxygens (including phenoxy) is 1. The molecule has 0 saturated heterocycles. The van der Waals surface area contributed by atoms with E-state index < -0.39 is 18.5 Å². The molecule has 0 radical (unpaired) electrons. The minimum Gasteiger partial charge on any atom is -0.467 e. The van der Waals surface area contributed by atoms with Crippen molar-refractivity contribution >= 4 is 23.5 Å². The highest BCUT2D eigenvalue weighted by Gasteiger charge is 2.20. The molecule has 34 heavy (non-hydrogen) atoms. The molecule has 0 bridgehead atoms. The van der Waals surface area contributed by atoms with Crippen LogP contribution in [0.5, 0.6) is 0 Å². The van der Waals surface area contributed by atoms with Gasteiger partial charge in [0.05, 0.1) is 35.8 Å². The molecule has 0 atom stereocenters. The fraction of sp³-hybridized carbons (Fsp3) is 0.120. The third kappa shape index (κ3) is 5.21. The van der Waals surface area contributed by atoms with Crippen LogP contribution in [0.25, 0.3) is 11.3 Å². The Balaban J connectivity index is 1.36. The normalized spacial score (nSPS) is 10.5. The Morgan fingerprint density at radius 3 is 2.50 bits per heavy atom. The molecule has 0 fully saturated rings. The fourth-order valence-corrected chi connectivity index (χ4v) is 3.20. The van der Waals surface area contributed by atoms with Gasteiger partial charge < -0.3 is 23.8 Å². The van der Waals surface area contributed by atoms with Gasteiger partial charge in [0.2, 0.25) is 0 Å². The third-order valence-corrected chi connectivity index (χ3v) is 5.05. The summed E-state index contributed by atoms with van der Waals surface area (Å²) in [6.45, 7) is -0.272. The number of amides is 2. The van der Waals surface area contributed by atoms with Gasteiger partial charge in [0.15, 0.2) is 18.8 Å². The zero-order valence-corrected chi connectivity index (χ0v) is 18.3. The number of carbonyl (C=O) groups excluding carboxylic acids is 3. The van der Waals surface area contributed by atoms with E-state index in [1.54, 1.807) is 66.9 Å². The minimum atomic E-state index is -0.643. The van der Waals surface area contributed by atoms with E-state index in [0.717, 1.165) is 5.56 Å². The van der Waals surface area contributed by atoms with Crippen molar-refractivity contribution < 1.29 is 28.0 Å². The van der Waals surface area contributed by atoms with Gasteiger partial charge in [-0.25, -0.2) is 9.78 Å². The number of carbonyl (C=O) groups is 3. The molecule has 0 aliphatic heterocycles. The van der Waals surface area contributed by atoms with E-state index in [4.69, 9.17) is 13.6 Å². The number of aromatic nitrogens is 1. The molecule has 2 aromatic carbocycles.